The van der Waals surface area contributed by atoms with Crippen molar-refractivity contribution in [2.24, 2.45) is 7.05 Å². The molecule has 90 valence electrons. The van der Waals surface area contributed by atoms with Crippen LogP contribution in [-0.4, -0.2) is 20.7 Å². The fraction of sp³-hybridized carbons (Fsp3) is 0.364. The first-order chi connectivity index (χ1) is 7.97. The van der Waals surface area contributed by atoms with Crippen LogP contribution in [0.4, 0.5) is 5.13 Å². The van der Waals surface area contributed by atoms with Gasteiger partial charge in [-0.05, 0) is 20.8 Å². The Kier molecular flexibility index (Phi) is 2.97. The van der Waals surface area contributed by atoms with E-state index in [2.05, 4.69) is 15.4 Å². The summed E-state index contributed by atoms with van der Waals surface area (Å²) in [6.07, 6.45) is 1.71. The molecule has 2 aromatic rings. The van der Waals surface area contributed by atoms with Crippen molar-refractivity contribution in [3.63, 3.8) is 0 Å². The number of hydrogen-bond acceptors (Lipinski definition) is 4. The van der Waals surface area contributed by atoms with Crippen molar-refractivity contribution in [1.29, 1.82) is 0 Å². The van der Waals surface area contributed by atoms with E-state index in [1.54, 1.807) is 17.9 Å². The first kappa shape index (κ1) is 11.8. The first-order valence-electron chi connectivity index (χ1n) is 5.23. The molecule has 0 spiro atoms. The molecule has 0 aliphatic rings. The van der Waals surface area contributed by atoms with Crippen molar-refractivity contribution in [2.45, 2.75) is 20.8 Å². The van der Waals surface area contributed by atoms with Gasteiger partial charge in [-0.15, -0.1) is 11.3 Å². The van der Waals surface area contributed by atoms with Gasteiger partial charge in [-0.2, -0.15) is 5.10 Å². The van der Waals surface area contributed by atoms with Crippen LogP contribution in [0.25, 0.3) is 0 Å². The van der Waals surface area contributed by atoms with E-state index in [1.807, 2.05) is 20.8 Å². The molecular weight excluding hydrogens is 236 g/mol. The molecule has 0 unspecified atom stereocenters. The Labute approximate surface area is 103 Å². The van der Waals surface area contributed by atoms with E-state index >= 15 is 0 Å². The number of aromatic nitrogens is 3. The largest absolute Gasteiger partial charge is 0.298 e. The van der Waals surface area contributed by atoms with E-state index in [0.717, 1.165) is 16.3 Å². The molecule has 17 heavy (non-hydrogen) atoms. The molecule has 0 atom stereocenters. The Morgan fingerprint density at radius 1 is 1.35 bits per heavy atom. The monoisotopic (exact) mass is 250 g/mol. The predicted octanol–water partition coefficient (Wildman–Crippen LogP) is 2.05. The van der Waals surface area contributed by atoms with Crippen LogP contribution in [0.1, 0.15) is 26.6 Å². The van der Waals surface area contributed by atoms with Gasteiger partial charge in [-0.1, -0.05) is 0 Å². The molecule has 0 bridgehead atoms. The van der Waals surface area contributed by atoms with Crippen LogP contribution in [0.2, 0.25) is 0 Å². The summed E-state index contributed by atoms with van der Waals surface area (Å²) in [6, 6.07) is 0. The lowest BCUT2D eigenvalue weighted by Crippen LogP contribution is -2.12. The molecule has 0 aliphatic carbocycles. The van der Waals surface area contributed by atoms with Crippen LogP contribution >= 0.6 is 11.3 Å². The molecule has 1 N–H and O–H groups in total. The van der Waals surface area contributed by atoms with Crippen LogP contribution in [0.3, 0.4) is 0 Å². The minimum atomic E-state index is -0.163. The van der Waals surface area contributed by atoms with E-state index in [-0.39, 0.29) is 5.91 Å². The summed E-state index contributed by atoms with van der Waals surface area (Å²) < 4.78 is 1.63. The van der Waals surface area contributed by atoms with Gasteiger partial charge in [0, 0.05) is 18.1 Å². The van der Waals surface area contributed by atoms with E-state index in [0.29, 0.717) is 10.7 Å². The summed E-state index contributed by atoms with van der Waals surface area (Å²) in [5.74, 6) is -0.163. The van der Waals surface area contributed by atoms with Crippen molar-refractivity contribution in [1.82, 2.24) is 14.8 Å². The third-order valence-corrected chi connectivity index (χ3v) is 3.50. The van der Waals surface area contributed by atoms with Crippen LogP contribution < -0.4 is 5.32 Å². The number of carbonyl (C=O) groups excluding carboxylic acids is 1. The molecule has 2 aromatic heterocycles. The molecule has 5 nitrogen and oxygen atoms in total. The highest BCUT2D eigenvalue weighted by Gasteiger charge is 2.14. The van der Waals surface area contributed by atoms with Crippen molar-refractivity contribution in [3.8, 4) is 0 Å². The van der Waals surface area contributed by atoms with Gasteiger partial charge in [0.05, 0.1) is 17.0 Å². The predicted molar refractivity (Wildman–Crippen MR) is 67.5 cm³/mol. The number of amides is 1. The number of anilines is 1. The number of aryl methyl sites for hydroxylation is 4. The van der Waals surface area contributed by atoms with Crippen molar-refractivity contribution in [3.05, 3.63) is 28.0 Å². The summed E-state index contributed by atoms with van der Waals surface area (Å²) in [6.45, 7) is 5.72. The second-order valence-corrected chi connectivity index (χ2v) is 5.12. The van der Waals surface area contributed by atoms with Crippen LogP contribution in [0, 0.1) is 20.8 Å². The topological polar surface area (TPSA) is 59.8 Å². The highest BCUT2D eigenvalue weighted by Crippen LogP contribution is 2.21. The number of nitrogens with zero attached hydrogens (tertiary/aromatic N) is 3. The highest BCUT2D eigenvalue weighted by molar-refractivity contribution is 7.15. The summed E-state index contributed by atoms with van der Waals surface area (Å²) in [7, 11) is 1.79. The highest BCUT2D eigenvalue weighted by atomic mass is 32.1. The third kappa shape index (κ3) is 2.36. The molecule has 0 aliphatic heterocycles. The second kappa shape index (κ2) is 4.29. The minimum Gasteiger partial charge on any atom is -0.298 e. The van der Waals surface area contributed by atoms with E-state index in [9.17, 15) is 4.79 Å². The van der Waals surface area contributed by atoms with Crippen molar-refractivity contribution < 1.29 is 4.79 Å². The summed E-state index contributed by atoms with van der Waals surface area (Å²) >= 11 is 1.48. The van der Waals surface area contributed by atoms with Gasteiger partial charge in [0.2, 0.25) is 0 Å². The number of thiazole rings is 1. The van der Waals surface area contributed by atoms with E-state index in [1.165, 1.54) is 11.3 Å². The molecule has 0 aromatic carbocycles. The van der Waals surface area contributed by atoms with Gasteiger partial charge < -0.3 is 0 Å². The molecule has 0 fully saturated rings. The molecule has 0 saturated carbocycles. The Bertz CT molecular complexity index is 551. The lowest BCUT2D eigenvalue weighted by molar-refractivity contribution is 0.102. The molecule has 6 heteroatoms. The molecule has 1 amide bonds. The SMILES string of the molecule is Cc1nn(C)cc1C(=O)Nc1nc(C)c(C)s1. The van der Waals surface area contributed by atoms with Crippen LogP contribution in [-0.2, 0) is 7.05 Å². The van der Waals surface area contributed by atoms with Gasteiger partial charge in [0.1, 0.15) is 0 Å². The zero-order valence-corrected chi connectivity index (χ0v) is 11.1. The Hall–Kier alpha value is -1.69. The standard InChI is InChI=1S/C11H14N4OS/c1-6-8(3)17-11(12-6)13-10(16)9-5-15(4)14-7(9)2/h5H,1-4H3,(H,12,13,16). The second-order valence-electron chi connectivity index (χ2n) is 3.92. The Balaban J connectivity index is 2.19. The molecule has 2 heterocycles. The van der Waals surface area contributed by atoms with Gasteiger partial charge >= 0.3 is 0 Å². The lowest BCUT2D eigenvalue weighted by Gasteiger charge is -1.98. The number of rotatable bonds is 2. The molecule has 0 radical (unpaired) electrons. The van der Waals surface area contributed by atoms with Gasteiger partial charge in [0.25, 0.3) is 5.91 Å². The molecular formula is C11H14N4OS. The third-order valence-electron chi connectivity index (χ3n) is 2.51. The first-order valence-corrected chi connectivity index (χ1v) is 6.04. The normalized spacial score (nSPS) is 10.6. The van der Waals surface area contributed by atoms with Gasteiger partial charge in [0.15, 0.2) is 5.13 Å². The molecule has 0 saturated heterocycles. The van der Waals surface area contributed by atoms with Gasteiger partial charge in [-0.25, -0.2) is 4.98 Å². The fourth-order valence-electron chi connectivity index (χ4n) is 1.51. The molecule has 2 rings (SSSR count). The van der Waals surface area contributed by atoms with E-state index in [4.69, 9.17) is 0 Å². The number of nitrogens with one attached hydrogen (secondary N) is 1. The van der Waals surface area contributed by atoms with Crippen molar-refractivity contribution in [2.75, 3.05) is 5.32 Å². The maximum atomic E-state index is 12.0. The number of carbonyl (C=O) groups is 1. The zero-order valence-electron chi connectivity index (χ0n) is 10.2. The Morgan fingerprint density at radius 3 is 2.53 bits per heavy atom. The number of hydrogen-bond donors (Lipinski definition) is 1. The quantitative estimate of drug-likeness (QED) is 0.887. The maximum Gasteiger partial charge on any atom is 0.260 e. The van der Waals surface area contributed by atoms with Gasteiger partial charge in [-0.3, -0.25) is 14.8 Å². The van der Waals surface area contributed by atoms with Crippen molar-refractivity contribution >= 4 is 22.4 Å². The fourth-order valence-corrected chi connectivity index (χ4v) is 2.32. The maximum absolute atomic E-state index is 12.0. The average Bonchev–Trinajstić information content (AvgIpc) is 2.71. The summed E-state index contributed by atoms with van der Waals surface area (Å²) in [5.41, 5.74) is 2.25. The lowest BCUT2D eigenvalue weighted by atomic mass is 10.2. The summed E-state index contributed by atoms with van der Waals surface area (Å²) in [5, 5.41) is 7.56. The van der Waals surface area contributed by atoms with Crippen LogP contribution in [0.15, 0.2) is 6.20 Å². The zero-order chi connectivity index (χ0) is 12.6. The van der Waals surface area contributed by atoms with Crippen LogP contribution in [0.5, 0.6) is 0 Å². The average molecular weight is 250 g/mol. The summed E-state index contributed by atoms with van der Waals surface area (Å²) in [4.78, 5) is 17.4. The minimum absolute atomic E-state index is 0.163. The van der Waals surface area contributed by atoms with E-state index < -0.39 is 0 Å². The Morgan fingerprint density at radius 2 is 2.06 bits per heavy atom. The smallest absolute Gasteiger partial charge is 0.260 e.